The lowest BCUT2D eigenvalue weighted by molar-refractivity contribution is -0.138. The highest BCUT2D eigenvalue weighted by Crippen LogP contribution is 2.32. The van der Waals surface area contributed by atoms with Crippen molar-refractivity contribution in [3.05, 3.63) is 65.5 Å². The van der Waals surface area contributed by atoms with E-state index in [4.69, 9.17) is 0 Å². The average Bonchev–Trinajstić information content (AvgIpc) is 2.88. The summed E-state index contributed by atoms with van der Waals surface area (Å²) in [6.07, 6.45) is -4.05. The molecule has 0 saturated carbocycles. The predicted octanol–water partition coefficient (Wildman–Crippen LogP) is 4.13. The number of amides is 1. The second kappa shape index (κ2) is 7.98. The van der Waals surface area contributed by atoms with Crippen molar-refractivity contribution in [2.24, 2.45) is 0 Å². The number of hydrogen-bond acceptors (Lipinski definition) is 2. The fourth-order valence-electron chi connectivity index (χ4n) is 3.30. The Morgan fingerprint density at radius 1 is 0.926 bits per heavy atom. The molecule has 1 aliphatic heterocycles. The van der Waals surface area contributed by atoms with Gasteiger partial charge in [0.1, 0.15) is 5.82 Å². The van der Waals surface area contributed by atoms with Crippen LogP contribution in [0.25, 0.3) is 0 Å². The van der Waals surface area contributed by atoms with E-state index in [-0.39, 0.29) is 23.7 Å². The van der Waals surface area contributed by atoms with Crippen molar-refractivity contribution < 1.29 is 22.4 Å². The lowest BCUT2D eigenvalue weighted by Gasteiger charge is -2.24. The first-order chi connectivity index (χ1) is 12.8. The molecule has 0 spiro atoms. The van der Waals surface area contributed by atoms with Crippen LogP contribution in [0.1, 0.15) is 17.5 Å². The molecule has 27 heavy (non-hydrogen) atoms. The number of alkyl halides is 3. The molecule has 1 amide bonds. The van der Waals surface area contributed by atoms with Gasteiger partial charge in [-0.25, -0.2) is 4.39 Å². The van der Waals surface area contributed by atoms with Gasteiger partial charge in [0.25, 0.3) is 0 Å². The normalized spacial score (nSPS) is 15.6. The van der Waals surface area contributed by atoms with E-state index in [1.54, 1.807) is 17.0 Å². The lowest BCUT2D eigenvalue weighted by atomic mass is 10.0. The molecule has 0 aromatic heterocycles. The predicted molar refractivity (Wildman–Crippen MR) is 95.0 cm³/mol. The SMILES string of the molecule is O=C(Cc1ccccc1C(F)(F)F)N1CCCN(c2ccc(F)cc2)CC1. The van der Waals surface area contributed by atoms with Crippen LogP contribution < -0.4 is 4.90 Å². The topological polar surface area (TPSA) is 23.6 Å². The third-order valence-electron chi connectivity index (χ3n) is 4.70. The summed E-state index contributed by atoms with van der Waals surface area (Å²) in [6.45, 7) is 2.17. The Hall–Kier alpha value is -2.57. The second-order valence-electron chi connectivity index (χ2n) is 6.53. The van der Waals surface area contributed by atoms with E-state index in [1.807, 2.05) is 0 Å². The third-order valence-corrected chi connectivity index (χ3v) is 4.70. The van der Waals surface area contributed by atoms with E-state index in [0.29, 0.717) is 32.6 Å². The summed E-state index contributed by atoms with van der Waals surface area (Å²) < 4.78 is 52.4. The molecular weight excluding hydrogens is 360 g/mol. The summed E-state index contributed by atoms with van der Waals surface area (Å²) in [5.41, 5.74) is 0.101. The van der Waals surface area contributed by atoms with E-state index in [1.165, 1.54) is 30.3 Å². The zero-order valence-electron chi connectivity index (χ0n) is 14.7. The van der Waals surface area contributed by atoms with E-state index < -0.39 is 11.7 Å². The van der Waals surface area contributed by atoms with Crippen LogP contribution in [0.2, 0.25) is 0 Å². The quantitative estimate of drug-likeness (QED) is 0.748. The van der Waals surface area contributed by atoms with E-state index in [9.17, 15) is 22.4 Å². The Labute approximate surface area is 155 Å². The number of benzene rings is 2. The molecule has 1 fully saturated rings. The largest absolute Gasteiger partial charge is 0.416 e. The number of anilines is 1. The van der Waals surface area contributed by atoms with Gasteiger partial charge in [-0.15, -0.1) is 0 Å². The van der Waals surface area contributed by atoms with Gasteiger partial charge in [-0.05, 0) is 42.3 Å². The van der Waals surface area contributed by atoms with Gasteiger partial charge in [0.2, 0.25) is 5.91 Å². The molecule has 0 atom stereocenters. The van der Waals surface area contributed by atoms with Crippen molar-refractivity contribution >= 4 is 11.6 Å². The van der Waals surface area contributed by atoms with Gasteiger partial charge in [-0.3, -0.25) is 4.79 Å². The van der Waals surface area contributed by atoms with Crippen LogP contribution in [0, 0.1) is 5.82 Å². The number of hydrogen-bond donors (Lipinski definition) is 0. The van der Waals surface area contributed by atoms with Gasteiger partial charge >= 0.3 is 6.18 Å². The first-order valence-corrected chi connectivity index (χ1v) is 8.78. The van der Waals surface area contributed by atoms with Crippen LogP contribution >= 0.6 is 0 Å². The summed E-state index contributed by atoms with van der Waals surface area (Å²) in [5.74, 6) is -0.624. The number of halogens is 4. The Bertz CT molecular complexity index is 789. The summed E-state index contributed by atoms with van der Waals surface area (Å²) >= 11 is 0. The van der Waals surface area contributed by atoms with Crippen LogP contribution in [-0.4, -0.2) is 37.0 Å². The number of rotatable bonds is 3. The van der Waals surface area contributed by atoms with Crippen molar-refractivity contribution in [2.45, 2.75) is 19.0 Å². The van der Waals surface area contributed by atoms with Crippen molar-refractivity contribution in [2.75, 3.05) is 31.1 Å². The molecule has 1 heterocycles. The van der Waals surface area contributed by atoms with Gasteiger partial charge in [-0.1, -0.05) is 18.2 Å². The van der Waals surface area contributed by atoms with E-state index in [0.717, 1.165) is 11.8 Å². The fourth-order valence-corrected chi connectivity index (χ4v) is 3.30. The van der Waals surface area contributed by atoms with E-state index >= 15 is 0 Å². The minimum atomic E-state index is -4.48. The minimum absolute atomic E-state index is 0.00497. The van der Waals surface area contributed by atoms with Crippen LogP contribution in [0.3, 0.4) is 0 Å². The first-order valence-electron chi connectivity index (χ1n) is 8.78. The standard InChI is InChI=1S/C20H20F4N2O/c21-16-6-8-17(9-7-16)25-10-3-11-26(13-12-25)19(27)14-15-4-1-2-5-18(15)20(22,23)24/h1-2,4-9H,3,10-14H2. The van der Waals surface area contributed by atoms with Crippen LogP contribution in [0.4, 0.5) is 23.2 Å². The zero-order valence-corrected chi connectivity index (χ0v) is 14.7. The fraction of sp³-hybridized carbons (Fsp3) is 0.350. The Morgan fingerprint density at radius 2 is 1.63 bits per heavy atom. The smallest absolute Gasteiger partial charge is 0.370 e. The maximum Gasteiger partial charge on any atom is 0.416 e. The number of carbonyl (C=O) groups excluding carboxylic acids is 1. The van der Waals surface area contributed by atoms with Crippen molar-refractivity contribution in [3.8, 4) is 0 Å². The maximum absolute atomic E-state index is 13.1. The summed E-state index contributed by atoms with van der Waals surface area (Å²) in [5, 5.41) is 0. The Morgan fingerprint density at radius 3 is 2.33 bits per heavy atom. The Kier molecular flexibility index (Phi) is 5.68. The highest BCUT2D eigenvalue weighted by Gasteiger charge is 2.33. The molecule has 1 aliphatic rings. The van der Waals surface area contributed by atoms with Crippen LogP contribution in [-0.2, 0) is 17.4 Å². The van der Waals surface area contributed by atoms with Gasteiger partial charge in [0.05, 0.1) is 12.0 Å². The molecule has 0 aliphatic carbocycles. The molecule has 3 rings (SSSR count). The molecular formula is C20H20F4N2O. The van der Waals surface area contributed by atoms with Crippen LogP contribution in [0.5, 0.6) is 0 Å². The summed E-state index contributed by atoms with van der Waals surface area (Å²) in [4.78, 5) is 16.2. The minimum Gasteiger partial charge on any atom is -0.370 e. The first kappa shape index (κ1) is 19.2. The Balaban J connectivity index is 1.66. The second-order valence-corrected chi connectivity index (χ2v) is 6.53. The molecule has 2 aromatic carbocycles. The highest BCUT2D eigenvalue weighted by atomic mass is 19.4. The monoisotopic (exact) mass is 380 g/mol. The zero-order chi connectivity index (χ0) is 19.4. The molecule has 7 heteroatoms. The maximum atomic E-state index is 13.1. The molecule has 1 saturated heterocycles. The molecule has 0 bridgehead atoms. The number of nitrogens with zero attached hydrogens (tertiary/aromatic N) is 2. The summed E-state index contributed by atoms with van der Waals surface area (Å²) in [6, 6.07) is 11.3. The molecule has 2 aromatic rings. The molecule has 144 valence electrons. The molecule has 0 radical (unpaired) electrons. The molecule has 3 nitrogen and oxygen atoms in total. The lowest BCUT2D eigenvalue weighted by Crippen LogP contribution is -2.36. The van der Waals surface area contributed by atoms with Gasteiger partial charge in [0, 0.05) is 31.9 Å². The van der Waals surface area contributed by atoms with E-state index in [2.05, 4.69) is 4.90 Å². The molecule has 0 unspecified atom stereocenters. The van der Waals surface area contributed by atoms with Gasteiger partial charge in [0.15, 0.2) is 0 Å². The van der Waals surface area contributed by atoms with Gasteiger partial charge < -0.3 is 9.80 Å². The number of carbonyl (C=O) groups is 1. The summed E-state index contributed by atoms with van der Waals surface area (Å²) in [7, 11) is 0. The molecule has 0 N–H and O–H groups in total. The van der Waals surface area contributed by atoms with Crippen molar-refractivity contribution in [3.63, 3.8) is 0 Å². The van der Waals surface area contributed by atoms with Crippen molar-refractivity contribution in [1.82, 2.24) is 4.90 Å². The third kappa shape index (κ3) is 4.78. The average molecular weight is 380 g/mol. The highest BCUT2D eigenvalue weighted by molar-refractivity contribution is 5.79. The van der Waals surface area contributed by atoms with Gasteiger partial charge in [-0.2, -0.15) is 13.2 Å². The van der Waals surface area contributed by atoms with Crippen LogP contribution in [0.15, 0.2) is 48.5 Å². The van der Waals surface area contributed by atoms with Crippen molar-refractivity contribution in [1.29, 1.82) is 0 Å².